The Bertz CT molecular complexity index is 1150. The molecule has 0 nitrogen and oxygen atoms in total. The molecule has 0 N–H and O–H groups in total. The summed E-state index contributed by atoms with van der Waals surface area (Å²) in [6.07, 6.45) is 1.80. The van der Waals surface area contributed by atoms with E-state index in [4.69, 9.17) is 0 Å². The molecule has 0 heterocycles. The summed E-state index contributed by atoms with van der Waals surface area (Å²) >= 11 is 0. The first-order valence-electron chi connectivity index (χ1n) is 11.0. The van der Waals surface area contributed by atoms with E-state index in [2.05, 4.69) is 51.6 Å². The number of benzene rings is 3. The van der Waals surface area contributed by atoms with Gasteiger partial charge in [-0.25, -0.2) is 13.2 Å². The molecule has 0 bridgehead atoms. The molecule has 0 amide bonds. The van der Waals surface area contributed by atoms with Gasteiger partial charge < -0.3 is 0 Å². The summed E-state index contributed by atoms with van der Waals surface area (Å²) in [6, 6.07) is 19.5. The number of rotatable bonds is 5. The Hall–Kier alpha value is -2.81. The van der Waals surface area contributed by atoms with Gasteiger partial charge >= 0.3 is 0 Å². The molecule has 0 saturated heterocycles. The Balaban J connectivity index is 1.67. The number of alkyl halides is 2. The third-order valence-electron chi connectivity index (χ3n) is 6.64. The van der Waals surface area contributed by atoms with Crippen LogP contribution >= 0.6 is 0 Å². The van der Waals surface area contributed by atoms with Crippen molar-refractivity contribution in [3.8, 4) is 11.1 Å². The molecule has 1 aliphatic rings. The zero-order chi connectivity index (χ0) is 23.3. The number of allylic oxidation sites excluding steroid dienone is 1. The Morgan fingerprint density at radius 1 is 0.844 bits per heavy atom. The van der Waals surface area contributed by atoms with Gasteiger partial charge in [0.2, 0.25) is 0 Å². The fourth-order valence-electron chi connectivity index (χ4n) is 4.47. The van der Waals surface area contributed by atoms with Gasteiger partial charge in [-0.3, -0.25) is 0 Å². The van der Waals surface area contributed by atoms with Gasteiger partial charge in [0.15, 0.2) is 0 Å². The van der Waals surface area contributed by atoms with Gasteiger partial charge in [0.05, 0.1) is 0 Å². The quantitative estimate of drug-likeness (QED) is 0.377. The number of hydrogen-bond acceptors (Lipinski definition) is 0. The van der Waals surface area contributed by atoms with Crippen molar-refractivity contribution in [3.05, 3.63) is 101 Å². The van der Waals surface area contributed by atoms with Crippen LogP contribution < -0.4 is 0 Å². The standard InChI is InChI=1S/C29H29F3/c1-19(20-10-12-21(13-11-20)27(2,3)4)29(16-17-29)22-14-15-24(26(30)18-22)23-8-6-7-9-25(23)28(5,31)32/h6-15,18H,1,16-17H2,2-5H3. The van der Waals surface area contributed by atoms with Crippen LogP contribution in [0, 0.1) is 5.82 Å². The van der Waals surface area contributed by atoms with E-state index in [0.29, 0.717) is 0 Å². The lowest BCUT2D eigenvalue weighted by molar-refractivity contribution is 0.0181. The van der Waals surface area contributed by atoms with Gasteiger partial charge in [-0.2, -0.15) is 0 Å². The summed E-state index contributed by atoms with van der Waals surface area (Å²) in [4.78, 5) is 0. The molecular formula is C29H29F3. The topological polar surface area (TPSA) is 0 Å². The highest BCUT2D eigenvalue weighted by atomic mass is 19.3. The Kier molecular flexibility index (Phi) is 5.35. The monoisotopic (exact) mass is 434 g/mol. The van der Waals surface area contributed by atoms with Crippen molar-refractivity contribution in [1.29, 1.82) is 0 Å². The fourth-order valence-corrected chi connectivity index (χ4v) is 4.47. The molecule has 0 spiro atoms. The summed E-state index contributed by atoms with van der Waals surface area (Å²) in [7, 11) is 0. The Morgan fingerprint density at radius 3 is 2.00 bits per heavy atom. The van der Waals surface area contributed by atoms with Crippen LogP contribution in [0.5, 0.6) is 0 Å². The lowest BCUT2D eigenvalue weighted by atomic mass is 9.81. The lowest BCUT2D eigenvalue weighted by Crippen LogP contribution is -2.12. The molecule has 3 heteroatoms. The normalized spacial score (nSPS) is 15.5. The highest BCUT2D eigenvalue weighted by Crippen LogP contribution is 2.57. The summed E-state index contributed by atoms with van der Waals surface area (Å²) < 4.78 is 43.4. The maximum Gasteiger partial charge on any atom is 0.271 e. The lowest BCUT2D eigenvalue weighted by Gasteiger charge is -2.23. The minimum Gasteiger partial charge on any atom is -0.206 e. The van der Waals surface area contributed by atoms with Crippen molar-refractivity contribution in [1.82, 2.24) is 0 Å². The Labute approximate surface area is 188 Å². The van der Waals surface area contributed by atoms with Gasteiger partial charge in [-0.05, 0) is 52.1 Å². The largest absolute Gasteiger partial charge is 0.271 e. The van der Waals surface area contributed by atoms with Crippen molar-refractivity contribution >= 4 is 5.57 Å². The summed E-state index contributed by atoms with van der Waals surface area (Å²) in [6.45, 7) is 11.7. The maximum atomic E-state index is 15.2. The highest BCUT2D eigenvalue weighted by Gasteiger charge is 2.47. The summed E-state index contributed by atoms with van der Waals surface area (Å²) in [5.74, 6) is -3.53. The van der Waals surface area contributed by atoms with Crippen LogP contribution in [0.3, 0.4) is 0 Å². The van der Waals surface area contributed by atoms with E-state index in [9.17, 15) is 8.78 Å². The highest BCUT2D eigenvalue weighted by molar-refractivity contribution is 5.78. The molecule has 1 saturated carbocycles. The smallest absolute Gasteiger partial charge is 0.206 e. The van der Waals surface area contributed by atoms with E-state index in [1.54, 1.807) is 24.3 Å². The van der Waals surface area contributed by atoms with Crippen molar-refractivity contribution in [2.45, 2.75) is 57.3 Å². The SMILES string of the molecule is C=C(c1ccc(C(C)(C)C)cc1)C1(c2ccc(-c3ccccc3C(C)(F)F)c(F)c2)CC1. The predicted molar refractivity (Wildman–Crippen MR) is 126 cm³/mol. The molecule has 32 heavy (non-hydrogen) atoms. The molecule has 166 valence electrons. The van der Waals surface area contributed by atoms with Gasteiger partial charge in [-0.15, -0.1) is 0 Å². The number of halogens is 3. The zero-order valence-electron chi connectivity index (χ0n) is 19.1. The number of hydrogen-bond donors (Lipinski definition) is 0. The van der Waals surface area contributed by atoms with Crippen LogP contribution in [0.15, 0.2) is 73.3 Å². The maximum absolute atomic E-state index is 15.2. The van der Waals surface area contributed by atoms with E-state index < -0.39 is 11.7 Å². The molecule has 0 radical (unpaired) electrons. The van der Waals surface area contributed by atoms with E-state index in [0.717, 1.165) is 36.5 Å². The second-order valence-corrected chi connectivity index (χ2v) is 10.0. The van der Waals surface area contributed by atoms with Gasteiger partial charge in [0.1, 0.15) is 5.82 Å². The third-order valence-corrected chi connectivity index (χ3v) is 6.64. The van der Waals surface area contributed by atoms with Crippen molar-refractivity contribution < 1.29 is 13.2 Å². The minimum absolute atomic E-state index is 0.0711. The average molecular weight is 435 g/mol. The van der Waals surface area contributed by atoms with Crippen LogP contribution in [0.4, 0.5) is 13.2 Å². The van der Waals surface area contributed by atoms with Gasteiger partial charge in [0, 0.05) is 23.5 Å². The fraction of sp³-hybridized carbons (Fsp3) is 0.310. The molecule has 0 aliphatic heterocycles. The van der Waals surface area contributed by atoms with Crippen molar-refractivity contribution in [2.24, 2.45) is 0 Å². The van der Waals surface area contributed by atoms with Crippen molar-refractivity contribution in [2.75, 3.05) is 0 Å². The second-order valence-electron chi connectivity index (χ2n) is 10.0. The Morgan fingerprint density at radius 2 is 1.47 bits per heavy atom. The molecule has 1 fully saturated rings. The van der Waals surface area contributed by atoms with E-state index in [-0.39, 0.29) is 27.5 Å². The van der Waals surface area contributed by atoms with E-state index in [1.807, 2.05) is 6.07 Å². The zero-order valence-corrected chi connectivity index (χ0v) is 19.1. The molecule has 1 aliphatic carbocycles. The molecule has 3 aromatic rings. The molecule has 4 rings (SSSR count). The molecule has 0 atom stereocenters. The van der Waals surface area contributed by atoms with Crippen LogP contribution in [0.1, 0.15) is 62.8 Å². The average Bonchev–Trinajstić information content (AvgIpc) is 3.54. The van der Waals surface area contributed by atoms with Crippen LogP contribution in [0.25, 0.3) is 16.7 Å². The molecule has 3 aromatic carbocycles. The minimum atomic E-state index is -3.05. The van der Waals surface area contributed by atoms with Crippen LogP contribution in [-0.2, 0) is 16.8 Å². The molecule has 0 aromatic heterocycles. The summed E-state index contributed by atoms with van der Waals surface area (Å²) in [5.41, 5.74) is 4.16. The molecule has 0 unspecified atom stereocenters. The van der Waals surface area contributed by atoms with Gasteiger partial charge in [0.25, 0.3) is 5.92 Å². The van der Waals surface area contributed by atoms with Crippen molar-refractivity contribution in [3.63, 3.8) is 0 Å². The van der Waals surface area contributed by atoms with Crippen LogP contribution in [0.2, 0.25) is 0 Å². The first kappa shape index (κ1) is 22.4. The third kappa shape index (κ3) is 4.01. The molecular weight excluding hydrogens is 405 g/mol. The van der Waals surface area contributed by atoms with E-state index in [1.165, 1.54) is 17.7 Å². The van der Waals surface area contributed by atoms with Crippen LogP contribution in [-0.4, -0.2) is 0 Å². The first-order valence-corrected chi connectivity index (χ1v) is 11.0. The van der Waals surface area contributed by atoms with E-state index >= 15 is 4.39 Å². The second kappa shape index (κ2) is 7.65. The first-order chi connectivity index (χ1) is 14.9. The van der Waals surface area contributed by atoms with Gasteiger partial charge in [-0.1, -0.05) is 88.0 Å². The predicted octanol–water partition coefficient (Wildman–Crippen LogP) is 8.65. The summed E-state index contributed by atoms with van der Waals surface area (Å²) in [5, 5.41) is 0.